The molecular formula is C14H19N3O. The number of nitrogens with zero attached hydrogens (tertiary/aromatic N) is 1. The lowest BCUT2D eigenvalue weighted by Crippen LogP contribution is -2.36. The van der Waals surface area contributed by atoms with Crippen molar-refractivity contribution in [3.63, 3.8) is 0 Å². The van der Waals surface area contributed by atoms with Crippen molar-refractivity contribution in [1.29, 1.82) is 0 Å². The van der Waals surface area contributed by atoms with Crippen molar-refractivity contribution in [1.82, 2.24) is 5.32 Å². The summed E-state index contributed by atoms with van der Waals surface area (Å²) in [6, 6.07) is 10.3. The van der Waals surface area contributed by atoms with E-state index in [1.807, 2.05) is 38.1 Å². The van der Waals surface area contributed by atoms with Gasteiger partial charge >= 0.3 is 0 Å². The molecule has 0 radical (unpaired) electrons. The molecule has 0 bridgehead atoms. The van der Waals surface area contributed by atoms with Gasteiger partial charge in [-0.15, -0.1) is 0 Å². The second-order valence-corrected chi connectivity index (χ2v) is 4.57. The molecule has 1 aromatic carbocycles. The predicted octanol–water partition coefficient (Wildman–Crippen LogP) is 2.29. The van der Waals surface area contributed by atoms with E-state index in [9.17, 15) is 0 Å². The number of fused-ring (bicyclic) bond motifs is 1. The Morgan fingerprint density at radius 1 is 1.39 bits per heavy atom. The zero-order valence-electron chi connectivity index (χ0n) is 10.8. The first-order valence-corrected chi connectivity index (χ1v) is 6.19. The Balaban J connectivity index is 1.94. The van der Waals surface area contributed by atoms with E-state index in [0.717, 1.165) is 23.2 Å². The van der Waals surface area contributed by atoms with Gasteiger partial charge in [-0.05, 0) is 26.0 Å². The maximum Gasteiger partial charge on any atom is 0.188 e. The van der Waals surface area contributed by atoms with Gasteiger partial charge in [0.1, 0.15) is 11.3 Å². The molecule has 1 heterocycles. The third-order valence-corrected chi connectivity index (χ3v) is 2.55. The minimum atomic E-state index is 0.306. The summed E-state index contributed by atoms with van der Waals surface area (Å²) in [7, 11) is 0. The van der Waals surface area contributed by atoms with E-state index < -0.39 is 0 Å². The van der Waals surface area contributed by atoms with Gasteiger partial charge in [0, 0.05) is 24.4 Å². The fraction of sp³-hybridized carbons (Fsp3) is 0.357. The number of guanidine groups is 1. The highest BCUT2D eigenvalue weighted by Crippen LogP contribution is 2.18. The van der Waals surface area contributed by atoms with Crippen molar-refractivity contribution in [2.75, 3.05) is 6.54 Å². The van der Waals surface area contributed by atoms with Crippen LogP contribution in [-0.2, 0) is 6.42 Å². The summed E-state index contributed by atoms with van der Waals surface area (Å²) in [6.45, 7) is 4.69. The second-order valence-electron chi connectivity index (χ2n) is 4.57. The molecule has 0 amide bonds. The first-order valence-electron chi connectivity index (χ1n) is 6.19. The molecule has 3 N–H and O–H groups in total. The van der Waals surface area contributed by atoms with Gasteiger partial charge in [0.05, 0.1) is 0 Å². The van der Waals surface area contributed by atoms with Gasteiger partial charge in [0.2, 0.25) is 0 Å². The van der Waals surface area contributed by atoms with Crippen LogP contribution >= 0.6 is 0 Å². The number of para-hydroxylation sites is 1. The topological polar surface area (TPSA) is 63.5 Å². The van der Waals surface area contributed by atoms with Gasteiger partial charge in [0.15, 0.2) is 5.96 Å². The van der Waals surface area contributed by atoms with Gasteiger partial charge in [-0.2, -0.15) is 0 Å². The van der Waals surface area contributed by atoms with Crippen LogP contribution in [0.25, 0.3) is 11.0 Å². The molecule has 18 heavy (non-hydrogen) atoms. The molecule has 2 rings (SSSR count). The normalized spacial score (nSPS) is 12.3. The summed E-state index contributed by atoms with van der Waals surface area (Å²) >= 11 is 0. The molecule has 0 unspecified atom stereocenters. The van der Waals surface area contributed by atoms with E-state index in [-0.39, 0.29) is 0 Å². The molecule has 0 aliphatic carbocycles. The highest BCUT2D eigenvalue weighted by Gasteiger charge is 2.02. The molecule has 0 fully saturated rings. The van der Waals surface area contributed by atoms with Crippen LogP contribution in [0.4, 0.5) is 0 Å². The fourth-order valence-electron chi connectivity index (χ4n) is 1.79. The van der Waals surface area contributed by atoms with Crippen molar-refractivity contribution in [3.8, 4) is 0 Å². The summed E-state index contributed by atoms with van der Waals surface area (Å²) in [6.07, 6.45) is 0.759. The molecule has 0 spiro atoms. The molecule has 96 valence electrons. The summed E-state index contributed by atoms with van der Waals surface area (Å²) in [5, 5.41) is 4.18. The zero-order valence-corrected chi connectivity index (χ0v) is 10.8. The third-order valence-electron chi connectivity index (χ3n) is 2.55. The van der Waals surface area contributed by atoms with Gasteiger partial charge in [-0.25, -0.2) is 0 Å². The second kappa shape index (κ2) is 5.58. The average molecular weight is 245 g/mol. The van der Waals surface area contributed by atoms with E-state index in [1.165, 1.54) is 0 Å². The van der Waals surface area contributed by atoms with Gasteiger partial charge < -0.3 is 15.5 Å². The third kappa shape index (κ3) is 3.26. The molecule has 1 aromatic heterocycles. The first kappa shape index (κ1) is 12.5. The minimum absolute atomic E-state index is 0.306. The van der Waals surface area contributed by atoms with Crippen LogP contribution in [0.1, 0.15) is 19.6 Å². The molecule has 0 aliphatic rings. The largest absolute Gasteiger partial charge is 0.461 e. The zero-order chi connectivity index (χ0) is 13.0. The fourth-order valence-corrected chi connectivity index (χ4v) is 1.79. The van der Waals surface area contributed by atoms with Gasteiger partial charge in [0.25, 0.3) is 0 Å². The van der Waals surface area contributed by atoms with Crippen LogP contribution in [0.5, 0.6) is 0 Å². The van der Waals surface area contributed by atoms with Crippen LogP contribution in [0.15, 0.2) is 39.7 Å². The van der Waals surface area contributed by atoms with E-state index in [4.69, 9.17) is 10.2 Å². The number of aliphatic imine (C=N–C) groups is 1. The summed E-state index contributed by atoms with van der Waals surface area (Å²) < 4.78 is 5.70. The van der Waals surface area contributed by atoms with Gasteiger partial charge in [-0.3, -0.25) is 4.99 Å². The van der Waals surface area contributed by atoms with Crippen molar-refractivity contribution >= 4 is 16.9 Å². The highest BCUT2D eigenvalue weighted by atomic mass is 16.3. The monoisotopic (exact) mass is 245 g/mol. The van der Waals surface area contributed by atoms with Crippen LogP contribution < -0.4 is 11.1 Å². The van der Waals surface area contributed by atoms with E-state index in [1.54, 1.807) is 0 Å². The first-order chi connectivity index (χ1) is 8.65. The number of nitrogens with one attached hydrogen (secondary N) is 1. The SMILES string of the molecule is CC(C)NC(N)=NCCc1cc2ccccc2o1. The van der Waals surface area contributed by atoms with E-state index in [0.29, 0.717) is 18.5 Å². The molecule has 2 aromatic rings. The molecule has 4 heteroatoms. The lowest BCUT2D eigenvalue weighted by molar-refractivity contribution is 0.550. The summed E-state index contributed by atoms with van der Waals surface area (Å²) in [5.41, 5.74) is 6.64. The Kier molecular flexibility index (Phi) is 3.87. The standard InChI is InChI=1S/C14H19N3O/c1-10(2)17-14(15)16-8-7-12-9-11-5-3-4-6-13(11)18-12/h3-6,9-10H,7-8H2,1-2H3,(H3,15,16,17). The smallest absolute Gasteiger partial charge is 0.188 e. The number of benzene rings is 1. The number of hydrogen-bond donors (Lipinski definition) is 2. The molecule has 0 aliphatic heterocycles. The van der Waals surface area contributed by atoms with Crippen molar-refractivity contribution in [2.24, 2.45) is 10.7 Å². The molecule has 4 nitrogen and oxygen atoms in total. The number of rotatable bonds is 4. The molecule has 0 saturated heterocycles. The Morgan fingerprint density at radius 2 is 2.17 bits per heavy atom. The van der Waals surface area contributed by atoms with Crippen molar-refractivity contribution in [3.05, 3.63) is 36.1 Å². The molecule has 0 atom stereocenters. The van der Waals surface area contributed by atoms with Gasteiger partial charge in [-0.1, -0.05) is 18.2 Å². The van der Waals surface area contributed by atoms with E-state index in [2.05, 4.69) is 16.4 Å². The number of furan rings is 1. The maximum atomic E-state index is 5.72. The lowest BCUT2D eigenvalue weighted by Gasteiger charge is -2.07. The Labute approximate surface area is 107 Å². The average Bonchev–Trinajstić information content (AvgIpc) is 2.70. The Hall–Kier alpha value is -1.97. The maximum absolute atomic E-state index is 5.72. The van der Waals surface area contributed by atoms with Crippen LogP contribution in [0.2, 0.25) is 0 Å². The lowest BCUT2D eigenvalue weighted by atomic mass is 10.2. The molecular weight excluding hydrogens is 226 g/mol. The minimum Gasteiger partial charge on any atom is -0.461 e. The van der Waals surface area contributed by atoms with E-state index >= 15 is 0 Å². The van der Waals surface area contributed by atoms with Crippen LogP contribution in [0, 0.1) is 0 Å². The number of nitrogens with two attached hydrogens (primary N) is 1. The van der Waals surface area contributed by atoms with Crippen molar-refractivity contribution < 1.29 is 4.42 Å². The van der Waals surface area contributed by atoms with Crippen LogP contribution in [-0.4, -0.2) is 18.5 Å². The summed E-state index contributed by atoms with van der Waals surface area (Å²) in [5.74, 6) is 1.43. The quantitative estimate of drug-likeness (QED) is 0.641. The highest BCUT2D eigenvalue weighted by molar-refractivity contribution is 5.78. The van der Waals surface area contributed by atoms with Crippen molar-refractivity contribution in [2.45, 2.75) is 26.3 Å². The number of hydrogen-bond acceptors (Lipinski definition) is 2. The van der Waals surface area contributed by atoms with Crippen LogP contribution in [0.3, 0.4) is 0 Å². The summed E-state index contributed by atoms with van der Waals surface area (Å²) in [4.78, 5) is 4.25. The molecule has 0 saturated carbocycles. The predicted molar refractivity (Wildman–Crippen MR) is 74.7 cm³/mol. The Morgan fingerprint density at radius 3 is 2.89 bits per heavy atom. The Bertz CT molecular complexity index is 510.